The highest BCUT2D eigenvalue weighted by molar-refractivity contribution is 9.11. The molecule has 1 amide bonds. The third kappa shape index (κ3) is 6.29. The Morgan fingerprint density at radius 2 is 1.65 bits per heavy atom. The summed E-state index contributed by atoms with van der Waals surface area (Å²) in [5.41, 5.74) is -0.664. The summed E-state index contributed by atoms with van der Waals surface area (Å²) in [4.78, 5) is 23.5. The van der Waals surface area contributed by atoms with Gasteiger partial charge in [-0.2, -0.15) is 13.2 Å². The lowest BCUT2D eigenvalue weighted by atomic mass is 10.1. The Morgan fingerprint density at radius 3 is 2.26 bits per heavy atom. The molecule has 0 bridgehead atoms. The number of phenolic OH excluding ortho intramolecular Hbond substituents is 1. The molecule has 3 rings (SSSR count). The van der Waals surface area contributed by atoms with E-state index in [1.165, 1.54) is 36.4 Å². The number of alkyl halides is 3. The van der Waals surface area contributed by atoms with Crippen molar-refractivity contribution < 1.29 is 37.7 Å². The summed E-state index contributed by atoms with van der Waals surface area (Å²) in [6, 6.07) is 11.9. The molecule has 0 aliphatic rings. The molecule has 0 saturated carbocycles. The second-order valence-corrected chi connectivity index (χ2v) is 8.79. The van der Waals surface area contributed by atoms with Gasteiger partial charge in [-0.15, -0.1) is 0 Å². The van der Waals surface area contributed by atoms with Crippen LogP contribution in [0.3, 0.4) is 0 Å². The van der Waals surface area contributed by atoms with Crippen LogP contribution in [0.25, 0.3) is 0 Å². The number of ether oxygens (including phenoxy) is 1. The Hall–Kier alpha value is -3.05. The highest BCUT2D eigenvalue weighted by Crippen LogP contribution is 2.39. The predicted molar refractivity (Wildman–Crippen MR) is 124 cm³/mol. The van der Waals surface area contributed by atoms with Crippen LogP contribution in [0, 0.1) is 0 Å². The van der Waals surface area contributed by atoms with E-state index in [-0.39, 0.29) is 29.0 Å². The van der Waals surface area contributed by atoms with Crippen LogP contribution in [0.4, 0.5) is 13.2 Å². The minimum Gasteiger partial charge on any atom is -0.507 e. The molecule has 11 heteroatoms. The van der Waals surface area contributed by atoms with E-state index in [2.05, 4.69) is 37.2 Å². The van der Waals surface area contributed by atoms with Gasteiger partial charge in [0.25, 0.3) is 5.91 Å². The highest BCUT2D eigenvalue weighted by atomic mass is 79.9. The van der Waals surface area contributed by atoms with E-state index in [1.54, 1.807) is 12.1 Å². The summed E-state index contributed by atoms with van der Waals surface area (Å²) in [5.74, 6) is -1.73. The number of amides is 1. The Kier molecular flexibility index (Phi) is 7.88. The van der Waals surface area contributed by atoms with Gasteiger partial charge in [0.15, 0.2) is 5.75 Å². The van der Waals surface area contributed by atoms with Crippen LogP contribution in [-0.4, -0.2) is 22.1 Å². The van der Waals surface area contributed by atoms with Crippen molar-refractivity contribution in [2.75, 3.05) is 0 Å². The van der Waals surface area contributed by atoms with E-state index in [0.717, 1.165) is 6.07 Å². The van der Waals surface area contributed by atoms with Crippen molar-refractivity contribution in [2.24, 2.45) is 0 Å². The molecule has 0 saturated heterocycles. The Bertz CT molecular complexity index is 1220. The maximum atomic E-state index is 13.2. The molecule has 0 aliphatic heterocycles. The van der Waals surface area contributed by atoms with Gasteiger partial charge in [0.2, 0.25) is 0 Å². The molecule has 0 fully saturated rings. The average molecular weight is 603 g/mol. The number of aliphatic carboxylic acids is 1. The molecule has 0 heterocycles. The lowest BCUT2D eigenvalue weighted by molar-refractivity contribution is -0.138. The van der Waals surface area contributed by atoms with Gasteiger partial charge in [-0.25, -0.2) is 0 Å². The van der Waals surface area contributed by atoms with Gasteiger partial charge in [0.1, 0.15) is 11.5 Å². The molecular formula is C23H16Br2F3NO5. The van der Waals surface area contributed by atoms with Gasteiger partial charge in [-0.3, -0.25) is 9.59 Å². The smallest absolute Gasteiger partial charge is 0.416 e. The zero-order chi connectivity index (χ0) is 25.0. The number of halogens is 5. The van der Waals surface area contributed by atoms with Crippen molar-refractivity contribution >= 4 is 43.7 Å². The van der Waals surface area contributed by atoms with Crippen LogP contribution in [0.2, 0.25) is 0 Å². The number of benzene rings is 3. The molecule has 3 N–H and O–H groups in total. The van der Waals surface area contributed by atoms with E-state index >= 15 is 0 Å². The molecule has 3 aromatic rings. The van der Waals surface area contributed by atoms with Crippen molar-refractivity contribution in [1.82, 2.24) is 5.32 Å². The number of carbonyl (C=O) groups is 2. The summed E-state index contributed by atoms with van der Waals surface area (Å²) in [7, 11) is 0. The topological polar surface area (TPSA) is 95.9 Å². The number of carboxylic acids is 1. The molecule has 0 aliphatic carbocycles. The summed E-state index contributed by atoms with van der Waals surface area (Å²) >= 11 is 6.62. The molecule has 6 nitrogen and oxygen atoms in total. The van der Waals surface area contributed by atoms with Crippen molar-refractivity contribution in [3.63, 3.8) is 0 Å². The molecule has 3 aromatic carbocycles. The minimum atomic E-state index is -4.57. The first-order valence-corrected chi connectivity index (χ1v) is 11.2. The number of aromatic hydroxyl groups is 1. The van der Waals surface area contributed by atoms with Gasteiger partial charge >= 0.3 is 12.1 Å². The van der Waals surface area contributed by atoms with Crippen LogP contribution < -0.4 is 10.1 Å². The van der Waals surface area contributed by atoms with Gasteiger partial charge in [0, 0.05) is 6.54 Å². The first-order chi connectivity index (χ1) is 16.0. The number of hydrogen-bond acceptors (Lipinski definition) is 4. The lowest BCUT2D eigenvalue weighted by Gasteiger charge is -2.15. The Labute approximate surface area is 208 Å². The summed E-state index contributed by atoms with van der Waals surface area (Å²) in [6.07, 6.45) is -4.77. The Morgan fingerprint density at radius 1 is 1.00 bits per heavy atom. The fourth-order valence-electron chi connectivity index (χ4n) is 3.09. The van der Waals surface area contributed by atoms with E-state index in [1.807, 2.05) is 0 Å². The molecule has 0 unspecified atom stereocenters. The zero-order valence-electron chi connectivity index (χ0n) is 17.1. The first-order valence-electron chi connectivity index (χ1n) is 9.59. The SMILES string of the molecule is O=C(O)Cc1cc(Br)c(Oc2ccc(O)c(C(=O)NCc3ccccc3C(F)(F)F)c2)c(Br)c1. The monoisotopic (exact) mass is 601 g/mol. The second-order valence-electron chi connectivity index (χ2n) is 7.08. The lowest BCUT2D eigenvalue weighted by Crippen LogP contribution is -2.24. The van der Waals surface area contributed by atoms with Gasteiger partial charge in [-0.1, -0.05) is 18.2 Å². The standard InChI is InChI=1S/C23H16Br2F3NO5/c24-17-7-12(9-20(31)32)8-18(25)21(17)34-14-5-6-19(30)15(10-14)22(33)29-11-13-3-1-2-4-16(13)23(26,27)28/h1-8,10,30H,9,11H2,(H,29,33)(H,31,32). The highest BCUT2D eigenvalue weighted by Gasteiger charge is 2.32. The van der Waals surface area contributed by atoms with E-state index in [4.69, 9.17) is 9.84 Å². The number of hydrogen-bond donors (Lipinski definition) is 3. The fourth-order valence-corrected chi connectivity index (χ4v) is 4.53. The van der Waals surface area contributed by atoms with Crippen molar-refractivity contribution in [3.8, 4) is 17.2 Å². The molecule has 0 atom stereocenters. The van der Waals surface area contributed by atoms with Gasteiger partial charge in [0.05, 0.1) is 26.5 Å². The third-order valence-corrected chi connectivity index (χ3v) is 5.79. The van der Waals surface area contributed by atoms with Crippen LogP contribution in [0.1, 0.15) is 27.0 Å². The number of phenols is 1. The minimum absolute atomic E-state index is 0.121. The summed E-state index contributed by atoms with van der Waals surface area (Å²) in [6.45, 7) is -0.402. The van der Waals surface area contributed by atoms with Crippen LogP contribution >= 0.6 is 31.9 Å². The van der Waals surface area contributed by atoms with Gasteiger partial charge in [-0.05, 0) is 79.4 Å². The van der Waals surface area contributed by atoms with Crippen molar-refractivity contribution in [3.05, 3.63) is 85.8 Å². The third-order valence-electron chi connectivity index (χ3n) is 4.61. The molecule has 0 spiro atoms. The van der Waals surface area contributed by atoms with Gasteiger partial charge < -0.3 is 20.3 Å². The molecule has 0 radical (unpaired) electrons. The number of carboxylic acid groups (broad SMARTS) is 1. The fraction of sp³-hybridized carbons (Fsp3) is 0.130. The summed E-state index contributed by atoms with van der Waals surface area (Å²) < 4.78 is 46.2. The molecule has 34 heavy (non-hydrogen) atoms. The number of carbonyl (C=O) groups excluding carboxylic acids is 1. The van der Waals surface area contributed by atoms with E-state index in [9.17, 15) is 27.9 Å². The van der Waals surface area contributed by atoms with E-state index in [0.29, 0.717) is 20.3 Å². The zero-order valence-corrected chi connectivity index (χ0v) is 20.3. The van der Waals surface area contributed by atoms with Crippen LogP contribution in [0.15, 0.2) is 63.5 Å². The molecule has 178 valence electrons. The predicted octanol–water partition coefficient (Wildman–Crippen LogP) is 6.29. The van der Waals surface area contributed by atoms with Crippen LogP contribution in [-0.2, 0) is 23.9 Å². The first kappa shape index (κ1) is 25.6. The van der Waals surface area contributed by atoms with Crippen molar-refractivity contribution in [1.29, 1.82) is 0 Å². The van der Waals surface area contributed by atoms with E-state index < -0.39 is 30.2 Å². The summed E-state index contributed by atoms with van der Waals surface area (Å²) in [5, 5.41) is 21.4. The second kappa shape index (κ2) is 10.5. The average Bonchev–Trinajstić information content (AvgIpc) is 2.74. The maximum Gasteiger partial charge on any atom is 0.416 e. The molecular weight excluding hydrogens is 587 g/mol. The number of rotatable bonds is 7. The molecule has 0 aromatic heterocycles. The Balaban J connectivity index is 1.80. The quantitative estimate of drug-likeness (QED) is 0.296. The largest absolute Gasteiger partial charge is 0.507 e. The van der Waals surface area contributed by atoms with Crippen LogP contribution in [0.5, 0.6) is 17.2 Å². The van der Waals surface area contributed by atoms with Crippen molar-refractivity contribution in [2.45, 2.75) is 19.1 Å². The maximum absolute atomic E-state index is 13.2. The number of nitrogens with one attached hydrogen (secondary N) is 1. The normalized spacial score (nSPS) is 11.2.